The Morgan fingerprint density at radius 2 is 1.76 bits per heavy atom. The van der Waals surface area contributed by atoms with Gasteiger partial charge >= 0.3 is 0 Å². The largest absolute Gasteiger partial charge is 0.387 e. The van der Waals surface area contributed by atoms with Gasteiger partial charge in [0.15, 0.2) is 0 Å². The quantitative estimate of drug-likeness (QED) is 0.644. The molecule has 2 aromatic carbocycles. The minimum Gasteiger partial charge on any atom is -0.387 e. The molecule has 0 amide bonds. The van der Waals surface area contributed by atoms with Crippen LogP contribution in [0.25, 0.3) is 0 Å². The third kappa shape index (κ3) is 3.24. The van der Waals surface area contributed by atoms with Gasteiger partial charge in [0, 0.05) is 10.6 Å². The summed E-state index contributed by atoms with van der Waals surface area (Å²) in [6.07, 6.45) is 2.27. The average Bonchev–Trinajstić information content (AvgIpc) is 2.66. The van der Waals surface area contributed by atoms with Gasteiger partial charge in [0.1, 0.15) is 11.7 Å². The smallest absolute Gasteiger partial charge is 0.141 e. The average molecular weight is 356 g/mol. The number of thioether (sulfide) groups is 1. The Kier molecular flexibility index (Phi) is 4.63. The predicted octanol–water partition coefficient (Wildman–Crippen LogP) is 4.56. The zero-order valence-corrected chi connectivity index (χ0v) is 15.2. The molecule has 1 aliphatic heterocycles. The first-order chi connectivity index (χ1) is 12.1. The third-order valence-electron chi connectivity index (χ3n) is 5.62. The maximum Gasteiger partial charge on any atom is 0.141 e. The molecule has 132 valence electrons. The Hall–Kier alpha value is -1.33. The molecule has 0 radical (unpaired) electrons. The third-order valence-corrected chi connectivity index (χ3v) is 6.80. The molecule has 1 heterocycles. The zero-order valence-electron chi connectivity index (χ0n) is 14.4. The van der Waals surface area contributed by atoms with Crippen molar-refractivity contribution in [2.75, 3.05) is 5.75 Å². The fourth-order valence-electron chi connectivity index (χ4n) is 3.97. The number of benzene rings is 2. The fourth-order valence-corrected chi connectivity index (χ4v) is 5.15. The lowest BCUT2D eigenvalue weighted by atomic mass is 9.68. The molecule has 3 unspecified atom stereocenters. The van der Waals surface area contributed by atoms with Crippen LogP contribution in [-0.2, 0) is 15.4 Å². The van der Waals surface area contributed by atoms with Crippen LogP contribution in [0.15, 0.2) is 65.6 Å². The lowest BCUT2D eigenvalue weighted by Crippen LogP contribution is -2.57. The summed E-state index contributed by atoms with van der Waals surface area (Å²) in [7, 11) is 0. The summed E-state index contributed by atoms with van der Waals surface area (Å²) in [6.45, 7) is 1.85. The van der Waals surface area contributed by atoms with E-state index in [1.165, 1.54) is 4.90 Å². The van der Waals surface area contributed by atoms with Crippen molar-refractivity contribution < 1.29 is 14.9 Å². The van der Waals surface area contributed by atoms with Crippen LogP contribution in [-0.4, -0.2) is 22.6 Å². The van der Waals surface area contributed by atoms with Gasteiger partial charge in [0.05, 0.1) is 5.60 Å². The van der Waals surface area contributed by atoms with Crippen molar-refractivity contribution in [2.45, 2.75) is 48.4 Å². The highest BCUT2D eigenvalue weighted by atomic mass is 32.2. The van der Waals surface area contributed by atoms with Crippen LogP contribution in [0.2, 0.25) is 0 Å². The van der Waals surface area contributed by atoms with E-state index in [1.807, 2.05) is 19.1 Å². The summed E-state index contributed by atoms with van der Waals surface area (Å²) in [5.74, 6) is 1.13. The van der Waals surface area contributed by atoms with Gasteiger partial charge in [-0.3, -0.25) is 0 Å². The van der Waals surface area contributed by atoms with Crippen LogP contribution in [0.4, 0.5) is 0 Å². The summed E-state index contributed by atoms with van der Waals surface area (Å²) in [4.78, 5) is 13.1. The predicted molar refractivity (Wildman–Crippen MR) is 99.2 cm³/mol. The number of fused-ring (bicyclic) bond motifs is 2. The standard InChI is InChI=1S/C21H24O3S/c1-20(22)13-12-17-14-19(20)23-24-21(17,16-8-4-2-5-9-16)15-25-18-10-6-3-7-11-18/h2-11,17,19,22H,12-15H2,1H3/t17?,19?,20?,21-/m1/s1. The highest BCUT2D eigenvalue weighted by Crippen LogP contribution is 2.51. The normalized spacial score (nSPS) is 34.6. The van der Waals surface area contributed by atoms with Gasteiger partial charge in [-0.05, 0) is 49.8 Å². The minimum absolute atomic E-state index is 0.246. The molecule has 25 heavy (non-hydrogen) atoms. The summed E-state index contributed by atoms with van der Waals surface area (Å²) in [5.41, 5.74) is -0.121. The first-order valence-electron chi connectivity index (χ1n) is 8.90. The molecular weight excluding hydrogens is 332 g/mol. The molecule has 0 aromatic heterocycles. The molecule has 2 aliphatic rings. The van der Waals surface area contributed by atoms with Gasteiger partial charge < -0.3 is 5.11 Å². The lowest BCUT2D eigenvalue weighted by Gasteiger charge is -2.52. The van der Waals surface area contributed by atoms with E-state index in [4.69, 9.17) is 9.78 Å². The van der Waals surface area contributed by atoms with Crippen molar-refractivity contribution in [2.24, 2.45) is 5.92 Å². The highest BCUT2D eigenvalue weighted by Gasteiger charge is 2.54. The second kappa shape index (κ2) is 6.76. The SMILES string of the molecule is CC1(O)CCC2CC1OO[C@]2(CSc1ccccc1)c1ccccc1. The summed E-state index contributed by atoms with van der Waals surface area (Å²) in [6, 6.07) is 20.8. The van der Waals surface area contributed by atoms with Gasteiger partial charge in [-0.1, -0.05) is 48.5 Å². The van der Waals surface area contributed by atoms with Crippen LogP contribution >= 0.6 is 11.8 Å². The van der Waals surface area contributed by atoms with E-state index >= 15 is 0 Å². The monoisotopic (exact) mass is 356 g/mol. The van der Waals surface area contributed by atoms with Crippen molar-refractivity contribution >= 4 is 11.8 Å². The van der Waals surface area contributed by atoms with Gasteiger partial charge in [0.2, 0.25) is 0 Å². The molecule has 2 aromatic rings. The maximum atomic E-state index is 10.5. The fraction of sp³-hybridized carbons (Fsp3) is 0.429. The van der Waals surface area contributed by atoms with Gasteiger partial charge in [-0.25, -0.2) is 9.78 Å². The topological polar surface area (TPSA) is 38.7 Å². The van der Waals surface area contributed by atoms with Crippen LogP contribution in [0, 0.1) is 5.92 Å². The molecule has 1 saturated carbocycles. The maximum absolute atomic E-state index is 10.5. The molecule has 1 saturated heterocycles. The highest BCUT2D eigenvalue weighted by molar-refractivity contribution is 7.99. The summed E-state index contributed by atoms with van der Waals surface area (Å²) < 4.78 is 0. The van der Waals surface area contributed by atoms with E-state index < -0.39 is 11.2 Å². The Morgan fingerprint density at radius 3 is 2.48 bits per heavy atom. The van der Waals surface area contributed by atoms with Gasteiger partial charge in [-0.15, -0.1) is 11.8 Å². The Labute approximate surface area is 153 Å². The van der Waals surface area contributed by atoms with Crippen LogP contribution in [0.1, 0.15) is 31.7 Å². The molecule has 1 N–H and O–H groups in total. The molecular formula is C21H24O3S. The van der Waals surface area contributed by atoms with E-state index in [2.05, 4.69) is 48.5 Å². The zero-order chi connectivity index (χ0) is 17.3. The number of rotatable bonds is 4. The Morgan fingerprint density at radius 1 is 1.08 bits per heavy atom. The number of aliphatic hydroxyl groups is 1. The first kappa shape index (κ1) is 17.1. The second-order valence-corrected chi connectivity index (χ2v) is 8.40. The molecule has 0 spiro atoms. The van der Waals surface area contributed by atoms with E-state index in [1.54, 1.807) is 11.8 Å². The Balaban J connectivity index is 1.64. The molecule has 1 aliphatic carbocycles. The number of hydrogen-bond acceptors (Lipinski definition) is 4. The minimum atomic E-state index is -0.800. The van der Waals surface area contributed by atoms with Crippen molar-refractivity contribution in [3.8, 4) is 0 Å². The number of hydrogen-bond donors (Lipinski definition) is 1. The molecule has 3 nitrogen and oxygen atoms in total. The van der Waals surface area contributed by atoms with Crippen molar-refractivity contribution in [3.63, 3.8) is 0 Å². The van der Waals surface area contributed by atoms with Gasteiger partial charge in [0.25, 0.3) is 0 Å². The van der Waals surface area contributed by atoms with Crippen LogP contribution in [0.5, 0.6) is 0 Å². The molecule has 2 fully saturated rings. The lowest BCUT2D eigenvalue weighted by molar-refractivity contribution is -0.450. The van der Waals surface area contributed by atoms with Crippen molar-refractivity contribution in [1.29, 1.82) is 0 Å². The van der Waals surface area contributed by atoms with E-state index in [0.29, 0.717) is 5.92 Å². The van der Waals surface area contributed by atoms with Crippen molar-refractivity contribution in [3.05, 3.63) is 66.2 Å². The van der Waals surface area contributed by atoms with E-state index in [9.17, 15) is 5.11 Å². The van der Waals surface area contributed by atoms with Crippen LogP contribution < -0.4 is 0 Å². The second-order valence-electron chi connectivity index (χ2n) is 7.35. The van der Waals surface area contributed by atoms with Crippen molar-refractivity contribution in [1.82, 2.24) is 0 Å². The molecule has 4 atom stereocenters. The summed E-state index contributed by atoms with van der Waals surface area (Å²) in [5, 5.41) is 10.5. The molecule has 4 rings (SSSR count). The molecule has 2 bridgehead atoms. The van der Waals surface area contributed by atoms with E-state index in [-0.39, 0.29) is 6.10 Å². The summed E-state index contributed by atoms with van der Waals surface area (Å²) >= 11 is 1.80. The first-order valence-corrected chi connectivity index (χ1v) is 9.89. The van der Waals surface area contributed by atoms with Gasteiger partial charge in [-0.2, -0.15) is 0 Å². The Bertz CT molecular complexity index is 704. The molecule has 4 heteroatoms. The van der Waals surface area contributed by atoms with Crippen LogP contribution in [0.3, 0.4) is 0 Å². The van der Waals surface area contributed by atoms with E-state index in [0.717, 1.165) is 30.6 Å².